The van der Waals surface area contributed by atoms with E-state index in [2.05, 4.69) is 29.0 Å². The molecule has 1 aliphatic rings. The SMILES string of the molecule is Cc1oc(-c2cccs2)nc1C(=O)NCCN1C[C@@H](C)O[C@@H](C)C1. The predicted molar refractivity (Wildman–Crippen MR) is 93.3 cm³/mol. The molecule has 2 aromatic heterocycles. The molecule has 1 amide bonds. The summed E-state index contributed by atoms with van der Waals surface area (Å²) in [4.78, 5) is 19.9. The minimum Gasteiger partial charge on any atom is -0.440 e. The minimum atomic E-state index is -0.187. The van der Waals surface area contributed by atoms with Crippen LogP contribution in [0.4, 0.5) is 0 Å². The summed E-state index contributed by atoms with van der Waals surface area (Å²) in [6.07, 6.45) is 0.464. The fourth-order valence-electron chi connectivity index (χ4n) is 2.99. The Kier molecular flexibility index (Phi) is 5.33. The van der Waals surface area contributed by atoms with Crippen LogP contribution in [-0.4, -0.2) is 54.2 Å². The molecule has 0 aromatic carbocycles. The summed E-state index contributed by atoms with van der Waals surface area (Å²) in [6.45, 7) is 9.09. The van der Waals surface area contributed by atoms with E-state index in [0.717, 1.165) is 24.5 Å². The highest BCUT2D eigenvalue weighted by atomic mass is 32.1. The quantitative estimate of drug-likeness (QED) is 0.898. The van der Waals surface area contributed by atoms with Crippen molar-refractivity contribution in [2.45, 2.75) is 33.0 Å². The molecule has 2 aromatic rings. The van der Waals surface area contributed by atoms with Gasteiger partial charge in [-0.15, -0.1) is 11.3 Å². The number of carbonyl (C=O) groups excluding carboxylic acids is 1. The monoisotopic (exact) mass is 349 g/mol. The van der Waals surface area contributed by atoms with E-state index < -0.39 is 0 Å². The first-order chi connectivity index (χ1) is 11.5. The third-order valence-corrected chi connectivity index (χ3v) is 4.81. The van der Waals surface area contributed by atoms with Crippen molar-refractivity contribution in [1.82, 2.24) is 15.2 Å². The number of ether oxygens (including phenoxy) is 1. The Labute approximate surface area is 145 Å². The van der Waals surface area contributed by atoms with E-state index in [1.165, 1.54) is 0 Å². The second-order valence-electron chi connectivity index (χ2n) is 6.17. The third-order valence-electron chi connectivity index (χ3n) is 3.95. The van der Waals surface area contributed by atoms with Crippen LogP contribution < -0.4 is 5.32 Å². The van der Waals surface area contributed by atoms with Gasteiger partial charge in [0.05, 0.1) is 17.1 Å². The highest BCUT2D eigenvalue weighted by molar-refractivity contribution is 7.13. The molecule has 7 heteroatoms. The normalized spacial score (nSPS) is 21.8. The average molecular weight is 349 g/mol. The second-order valence-corrected chi connectivity index (χ2v) is 7.12. The maximum absolute atomic E-state index is 12.3. The van der Waals surface area contributed by atoms with E-state index >= 15 is 0 Å². The van der Waals surface area contributed by atoms with E-state index in [1.54, 1.807) is 18.3 Å². The number of aromatic nitrogens is 1. The van der Waals surface area contributed by atoms with Crippen LogP contribution >= 0.6 is 11.3 Å². The molecule has 3 heterocycles. The van der Waals surface area contributed by atoms with Crippen LogP contribution in [0.3, 0.4) is 0 Å². The summed E-state index contributed by atoms with van der Waals surface area (Å²) in [7, 11) is 0. The molecule has 24 heavy (non-hydrogen) atoms. The van der Waals surface area contributed by atoms with Crippen LogP contribution in [0.5, 0.6) is 0 Å². The topological polar surface area (TPSA) is 67.6 Å². The molecule has 1 fully saturated rings. The number of carbonyl (C=O) groups is 1. The molecule has 6 nitrogen and oxygen atoms in total. The number of hydrogen-bond acceptors (Lipinski definition) is 6. The smallest absolute Gasteiger partial charge is 0.273 e. The van der Waals surface area contributed by atoms with Gasteiger partial charge in [0.1, 0.15) is 5.76 Å². The van der Waals surface area contributed by atoms with Crippen molar-refractivity contribution in [3.63, 3.8) is 0 Å². The van der Waals surface area contributed by atoms with Gasteiger partial charge in [0.15, 0.2) is 5.69 Å². The van der Waals surface area contributed by atoms with E-state index in [-0.39, 0.29) is 18.1 Å². The molecular formula is C17H23N3O3S. The van der Waals surface area contributed by atoms with Crippen molar-refractivity contribution in [2.75, 3.05) is 26.2 Å². The van der Waals surface area contributed by atoms with E-state index in [0.29, 0.717) is 23.9 Å². The lowest BCUT2D eigenvalue weighted by Gasteiger charge is -2.35. The molecule has 0 spiro atoms. The van der Waals surface area contributed by atoms with Crippen LogP contribution in [0.25, 0.3) is 10.8 Å². The van der Waals surface area contributed by atoms with Gasteiger partial charge in [-0.2, -0.15) is 0 Å². The van der Waals surface area contributed by atoms with Crippen LogP contribution in [0.15, 0.2) is 21.9 Å². The largest absolute Gasteiger partial charge is 0.440 e. The first kappa shape index (κ1) is 17.1. The van der Waals surface area contributed by atoms with Crippen molar-refractivity contribution in [1.29, 1.82) is 0 Å². The van der Waals surface area contributed by atoms with Crippen molar-refractivity contribution >= 4 is 17.2 Å². The van der Waals surface area contributed by atoms with Crippen molar-refractivity contribution < 1.29 is 13.9 Å². The third kappa shape index (κ3) is 4.03. The van der Waals surface area contributed by atoms with E-state index in [1.807, 2.05) is 17.5 Å². The molecule has 0 radical (unpaired) electrons. The fraction of sp³-hybridized carbons (Fsp3) is 0.529. The summed E-state index contributed by atoms with van der Waals surface area (Å²) in [5, 5.41) is 4.89. The van der Waals surface area contributed by atoms with Gasteiger partial charge in [-0.3, -0.25) is 9.69 Å². The minimum absolute atomic E-state index is 0.187. The Bertz CT molecular complexity index is 673. The Hall–Kier alpha value is -1.70. The standard InChI is InChI=1S/C17H23N3O3S/c1-11-9-20(10-12(2)22-11)7-6-18-16(21)15-13(3)23-17(19-15)14-5-4-8-24-14/h4-5,8,11-12H,6-7,9-10H2,1-3H3,(H,18,21)/t11-,12+. The highest BCUT2D eigenvalue weighted by Gasteiger charge is 2.22. The van der Waals surface area contributed by atoms with Crippen molar-refractivity contribution in [3.8, 4) is 10.8 Å². The molecule has 0 aliphatic carbocycles. The van der Waals surface area contributed by atoms with Gasteiger partial charge in [-0.25, -0.2) is 4.98 Å². The number of hydrogen-bond donors (Lipinski definition) is 1. The maximum atomic E-state index is 12.3. The Morgan fingerprint density at radius 1 is 1.42 bits per heavy atom. The number of nitrogens with one attached hydrogen (secondary N) is 1. The predicted octanol–water partition coefficient (Wildman–Crippen LogP) is 2.55. The van der Waals surface area contributed by atoms with Gasteiger partial charge in [-0.1, -0.05) is 6.07 Å². The molecule has 130 valence electrons. The van der Waals surface area contributed by atoms with Crippen molar-refractivity contribution in [3.05, 3.63) is 29.0 Å². The summed E-state index contributed by atoms with van der Waals surface area (Å²) >= 11 is 1.54. The van der Waals surface area contributed by atoms with E-state index in [4.69, 9.17) is 9.15 Å². The molecular weight excluding hydrogens is 326 g/mol. The number of morpholine rings is 1. The molecule has 1 N–H and O–H groups in total. The highest BCUT2D eigenvalue weighted by Crippen LogP contribution is 2.25. The number of aryl methyl sites for hydroxylation is 1. The van der Waals surface area contributed by atoms with Gasteiger partial charge >= 0.3 is 0 Å². The number of rotatable bonds is 5. The fourth-order valence-corrected chi connectivity index (χ4v) is 3.64. The lowest BCUT2D eigenvalue weighted by Crippen LogP contribution is -2.47. The summed E-state index contributed by atoms with van der Waals surface area (Å²) < 4.78 is 11.3. The summed E-state index contributed by atoms with van der Waals surface area (Å²) in [5.74, 6) is 0.862. The number of thiophene rings is 1. The molecule has 1 aliphatic heterocycles. The number of nitrogens with zero attached hydrogens (tertiary/aromatic N) is 2. The molecule has 0 bridgehead atoms. The summed E-state index contributed by atoms with van der Waals surface area (Å²) in [5.41, 5.74) is 0.363. The van der Waals surface area contributed by atoms with Crippen LogP contribution in [0.1, 0.15) is 30.1 Å². The summed E-state index contributed by atoms with van der Waals surface area (Å²) in [6, 6.07) is 3.86. The first-order valence-electron chi connectivity index (χ1n) is 8.20. The lowest BCUT2D eigenvalue weighted by molar-refractivity contribution is -0.0672. The lowest BCUT2D eigenvalue weighted by atomic mass is 10.2. The molecule has 0 saturated carbocycles. The molecule has 1 saturated heterocycles. The van der Waals surface area contributed by atoms with Gasteiger partial charge < -0.3 is 14.5 Å². The van der Waals surface area contributed by atoms with Gasteiger partial charge in [0, 0.05) is 26.2 Å². The zero-order valence-electron chi connectivity index (χ0n) is 14.2. The number of oxazole rings is 1. The van der Waals surface area contributed by atoms with Crippen LogP contribution in [-0.2, 0) is 4.74 Å². The first-order valence-corrected chi connectivity index (χ1v) is 9.08. The van der Waals surface area contributed by atoms with Crippen LogP contribution in [0.2, 0.25) is 0 Å². The maximum Gasteiger partial charge on any atom is 0.273 e. The van der Waals surface area contributed by atoms with E-state index in [9.17, 15) is 4.79 Å². The van der Waals surface area contributed by atoms with Crippen LogP contribution in [0, 0.1) is 6.92 Å². The molecule has 0 unspecified atom stereocenters. The zero-order chi connectivity index (χ0) is 17.1. The average Bonchev–Trinajstić information content (AvgIpc) is 3.15. The molecule has 3 rings (SSSR count). The van der Waals surface area contributed by atoms with Crippen molar-refractivity contribution in [2.24, 2.45) is 0 Å². The molecule has 2 atom stereocenters. The Morgan fingerprint density at radius 3 is 2.83 bits per heavy atom. The number of amides is 1. The van der Waals surface area contributed by atoms with Gasteiger partial charge in [0.2, 0.25) is 5.89 Å². The second kappa shape index (κ2) is 7.46. The zero-order valence-corrected chi connectivity index (χ0v) is 15.1. The van der Waals surface area contributed by atoms with Gasteiger partial charge in [-0.05, 0) is 32.2 Å². The van der Waals surface area contributed by atoms with Gasteiger partial charge in [0.25, 0.3) is 5.91 Å². The Morgan fingerprint density at radius 2 is 2.17 bits per heavy atom. The Balaban J connectivity index is 1.54.